The van der Waals surface area contributed by atoms with Gasteiger partial charge in [-0.3, -0.25) is 4.79 Å². The van der Waals surface area contributed by atoms with E-state index in [1.807, 2.05) is 12.1 Å². The van der Waals surface area contributed by atoms with Crippen molar-refractivity contribution in [3.8, 4) is 11.5 Å². The van der Waals surface area contributed by atoms with E-state index in [2.05, 4.69) is 15.6 Å². The van der Waals surface area contributed by atoms with Crippen LogP contribution in [0.2, 0.25) is 5.02 Å². The molecule has 0 atom stereocenters. The molecule has 2 aromatic heterocycles. The summed E-state index contributed by atoms with van der Waals surface area (Å²) >= 11 is 6.50. The van der Waals surface area contributed by atoms with Crippen LogP contribution in [0, 0.1) is 0 Å². The van der Waals surface area contributed by atoms with E-state index >= 15 is 0 Å². The zero-order chi connectivity index (χ0) is 24.5. The molecule has 6 rings (SSSR count). The van der Waals surface area contributed by atoms with Gasteiger partial charge in [-0.15, -0.1) is 0 Å². The molecular formula is C26H30ClN5O4. The number of carbonyl (C=O) groups excluding carboxylic acids is 1. The number of halogens is 1. The predicted octanol–water partition coefficient (Wildman–Crippen LogP) is 4.95. The van der Waals surface area contributed by atoms with E-state index in [-0.39, 0.29) is 5.91 Å². The van der Waals surface area contributed by atoms with Gasteiger partial charge in [0.05, 0.1) is 40.6 Å². The lowest BCUT2D eigenvalue weighted by Gasteiger charge is -2.29. The predicted molar refractivity (Wildman–Crippen MR) is 139 cm³/mol. The minimum atomic E-state index is -0.0776. The Morgan fingerprint density at radius 2 is 1.81 bits per heavy atom. The van der Waals surface area contributed by atoms with Crippen molar-refractivity contribution in [2.75, 3.05) is 50.2 Å². The van der Waals surface area contributed by atoms with Gasteiger partial charge in [-0.2, -0.15) is 0 Å². The molecule has 2 fully saturated rings. The van der Waals surface area contributed by atoms with Crippen molar-refractivity contribution in [3.63, 3.8) is 0 Å². The summed E-state index contributed by atoms with van der Waals surface area (Å²) in [5.41, 5.74) is 2.84. The number of hydrogen-bond acceptors (Lipinski definition) is 7. The second kappa shape index (κ2) is 10.1. The number of nitrogens with one attached hydrogen (secondary N) is 3. The fourth-order valence-corrected chi connectivity index (χ4v) is 5.46. The molecule has 190 valence electrons. The molecule has 0 bridgehead atoms. The first-order chi connectivity index (χ1) is 17.7. The molecule has 3 aromatic rings. The maximum Gasteiger partial charge on any atom is 0.257 e. The van der Waals surface area contributed by atoms with Crippen LogP contribution in [-0.4, -0.2) is 66.3 Å². The van der Waals surface area contributed by atoms with Crippen LogP contribution >= 0.6 is 11.6 Å². The largest absolute Gasteiger partial charge is 0.485 e. The third-order valence-electron chi connectivity index (χ3n) is 7.04. The highest BCUT2D eigenvalue weighted by Crippen LogP contribution is 2.43. The summed E-state index contributed by atoms with van der Waals surface area (Å²) in [6.45, 7) is 3.00. The average molecular weight is 512 g/mol. The second-order valence-corrected chi connectivity index (χ2v) is 9.85. The molecule has 1 aliphatic carbocycles. The van der Waals surface area contributed by atoms with Gasteiger partial charge in [-0.25, -0.2) is 4.98 Å². The number of pyridine rings is 1. The Bertz CT molecular complexity index is 1270. The lowest BCUT2D eigenvalue weighted by atomic mass is 9.95. The Balaban J connectivity index is 1.32. The van der Waals surface area contributed by atoms with Gasteiger partial charge in [-0.1, -0.05) is 30.9 Å². The number of benzene rings is 1. The van der Waals surface area contributed by atoms with Crippen LogP contribution in [0.15, 0.2) is 24.4 Å². The number of amides is 1. The third kappa shape index (κ3) is 4.53. The number of aromatic amines is 1. The number of hydrogen-bond donors (Lipinski definition) is 3. The highest BCUT2D eigenvalue weighted by atomic mass is 35.5. The van der Waals surface area contributed by atoms with Crippen molar-refractivity contribution in [2.45, 2.75) is 38.1 Å². The van der Waals surface area contributed by atoms with Crippen LogP contribution in [0.4, 0.5) is 17.2 Å². The summed E-state index contributed by atoms with van der Waals surface area (Å²) in [7, 11) is 0. The van der Waals surface area contributed by atoms with E-state index in [0.29, 0.717) is 84.8 Å². The Hall–Kier alpha value is -3.17. The lowest BCUT2D eigenvalue weighted by molar-refractivity contribution is 0.0298. The molecule has 1 saturated carbocycles. The first kappa shape index (κ1) is 23.2. The summed E-state index contributed by atoms with van der Waals surface area (Å²) in [6.07, 6.45) is 7.81. The van der Waals surface area contributed by atoms with Crippen molar-refractivity contribution in [1.82, 2.24) is 14.9 Å². The van der Waals surface area contributed by atoms with Gasteiger partial charge in [0.1, 0.15) is 24.7 Å². The van der Waals surface area contributed by atoms with Crippen LogP contribution in [0.3, 0.4) is 0 Å². The summed E-state index contributed by atoms with van der Waals surface area (Å²) in [4.78, 5) is 22.9. The van der Waals surface area contributed by atoms with Gasteiger partial charge in [-0.05, 0) is 25.0 Å². The van der Waals surface area contributed by atoms with E-state index in [1.165, 1.54) is 19.3 Å². The zero-order valence-corrected chi connectivity index (χ0v) is 20.8. The zero-order valence-electron chi connectivity index (χ0n) is 20.1. The number of fused-ring (bicyclic) bond motifs is 2. The first-order valence-corrected chi connectivity index (χ1v) is 13.1. The standard InChI is InChI=1S/C26H30ClN5O4/c27-18-15-28-25-22(18)20(29-16-4-2-1-3-5-16)14-21(31-25)30-19-7-6-17(23-24(19)36-13-12-35-23)26(33)32-8-10-34-11-9-32/h6-7,14-16H,1-5,8-13H2,(H3,28,29,30,31). The third-order valence-corrected chi connectivity index (χ3v) is 7.34. The Morgan fingerprint density at radius 3 is 2.61 bits per heavy atom. The van der Waals surface area contributed by atoms with Crippen LogP contribution in [0.5, 0.6) is 11.5 Å². The topological polar surface area (TPSA) is 101 Å². The maximum absolute atomic E-state index is 13.2. The van der Waals surface area contributed by atoms with Crippen molar-refractivity contribution in [1.29, 1.82) is 0 Å². The molecule has 4 heterocycles. The van der Waals surface area contributed by atoms with Gasteiger partial charge in [0.25, 0.3) is 5.91 Å². The van der Waals surface area contributed by atoms with Crippen molar-refractivity contribution in [3.05, 3.63) is 35.0 Å². The molecule has 10 heteroatoms. The molecule has 1 aromatic carbocycles. The Morgan fingerprint density at radius 1 is 1.03 bits per heavy atom. The number of rotatable bonds is 5. The fourth-order valence-electron chi connectivity index (χ4n) is 5.22. The number of anilines is 3. The Labute approximate surface area is 214 Å². The smallest absolute Gasteiger partial charge is 0.257 e. The van der Waals surface area contributed by atoms with E-state index in [9.17, 15) is 4.79 Å². The number of H-pyrrole nitrogens is 1. The molecule has 9 nitrogen and oxygen atoms in total. The van der Waals surface area contributed by atoms with E-state index in [0.717, 1.165) is 23.9 Å². The fraction of sp³-hybridized carbons (Fsp3) is 0.462. The van der Waals surface area contributed by atoms with Gasteiger partial charge in [0.15, 0.2) is 11.5 Å². The number of nitrogens with zero attached hydrogens (tertiary/aromatic N) is 2. The van der Waals surface area contributed by atoms with E-state index < -0.39 is 0 Å². The van der Waals surface area contributed by atoms with Crippen LogP contribution in [-0.2, 0) is 4.74 Å². The normalized spacial score (nSPS) is 18.3. The maximum atomic E-state index is 13.2. The number of ether oxygens (including phenoxy) is 3. The monoisotopic (exact) mass is 511 g/mol. The molecule has 3 N–H and O–H groups in total. The van der Waals surface area contributed by atoms with E-state index in [4.69, 9.17) is 30.8 Å². The lowest BCUT2D eigenvalue weighted by Crippen LogP contribution is -2.41. The van der Waals surface area contributed by atoms with Gasteiger partial charge in [0.2, 0.25) is 0 Å². The molecule has 0 radical (unpaired) electrons. The van der Waals surface area contributed by atoms with Gasteiger partial charge in [0, 0.05) is 31.4 Å². The van der Waals surface area contributed by atoms with E-state index in [1.54, 1.807) is 17.2 Å². The summed E-state index contributed by atoms with van der Waals surface area (Å²) in [6, 6.07) is 6.04. The van der Waals surface area contributed by atoms with Crippen LogP contribution in [0.1, 0.15) is 42.5 Å². The van der Waals surface area contributed by atoms with Gasteiger partial charge < -0.3 is 34.7 Å². The van der Waals surface area contributed by atoms with Crippen LogP contribution < -0.4 is 20.1 Å². The van der Waals surface area contributed by atoms with Crippen molar-refractivity contribution in [2.24, 2.45) is 0 Å². The molecule has 2 aliphatic heterocycles. The summed E-state index contributed by atoms with van der Waals surface area (Å²) in [5, 5.41) is 8.62. The van der Waals surface area contributed by atoms with Crippen molar-refractivity contribution < 1.29 is 19.0 Å². The first-order valence-electron chi connectivity index (χ1n) is 12.7. The SMILES string of the molecule is O=C(c1ccc(Nc2cc(NC3CCCCC3)c3c(Cl)c[nH]c3n2)c2c1OCCO2)N1CCOCC1. The van der Waals surface area contributed by atoms with Gasteiger partial charge >= 0.3 is 0 Å². The number of aromatic nitrogens is 2. The van der Waals surface area contributed by atoms with Crippen LogP contribution in [0.25, 0.3) is 11.0 Å². The molecule has 3 aliphatic rings. The number of morpholine rings is 1. The average Bonchev–Trinajstić information content (AvgIpc) is 3.30. The molecular weight excluding hydrogens is 482 g/mol. The minimum absolute atomic E-state index is 0.0776. The second-order valence-electron chi connectivity index (χ2n) is 9.44. The molecule has 0 unspecified atom stereocenters. The summed E-state index contributed by atoms with van der Waals surface area (Å²) in [5.74, 6) is 1.55. The summed E-state index contributed by atoms with van der Waals surface area (Å²) < 4.78 is 17.3. The molecule has 1 amide bonds. The highest BCUT2D eigenvalue weighted by Gasteiger charge is 2.28. The highest BCUT2D eigenvalue weighted by molar-refractivity contribution is 6.36. The minimum Gasteiger partial charge on any atom is -0.485 e. The molecule has 1 saturated heterocycles. The molecule has 36 heavy (non-hydrogen) atoms. The van der Waals surface area contributed by atoms with Crippen molar-refractivity contribution >= 4 is 45.7 Å². The number of carbonyl (C=O) groups is 1. The Kier molecular flexibility index (Phi) is 6.50. The molecule has 0 spiro atoms. The quantitative estimate of drug-likeness (QED) is 0.445.